The second kappa shape index (κ2) is 4.47. The highest BCUT2D eigenvalue weighted by atomic mass is 32.1. The fourth-order valence-corrected chi connectivity index (χ4v) is 2.95. The fourth-order valence-electron chi connectivity index (χ4n) is 2.40. The van der Waals surface area contributed by atoms with Gasteiger partial charge in [0.25, 0.3) is 0 Å². The van der Waals surface area contributed by atoms with Gasteiger partial charge in [0.05, 0.1) is 5.51 Å². The lowest BCUT2D eigenvalue weighted by molar-refractivity contribution is 0.469. The molecule has 0 bridgehead atoms. The SMILES string of the molecule is Oc1cccc2c1CCC2NCc1cncs1. The molecule has 0 spiro atoms. The number of phenols is 1. The quantitative estimate of drug-likeness (QED) is 0.875. The van der Waals surface area contributed by atoms with Crippen molar-refractivity contribution in [2.75, 3.05) is 0 Å². The molecule has 0 saturated carbocycles. The molecule has 1 aromatic heterocycles. The molecule has 17 heavy (non-hydrogen) atoms. The highest BCUT2D eigenvalue weighted by Crippen LogP contribution is 2.36. The molecule has 1 unspecified atom stereocenters. The van der Waals surface area contributed by atoms with Gasteiger partial charge in [0.15, 0.2) is 0 Å². The molecular formula is C13H14N2OS. The first-order valence-corrected chi connectivity index (χ1v) is 6.64. The van der Waals surface area contributed by atoms with Gasteiger partial charge in [0.1, 0.15) is 5.75 Å². The van der Waals surface area contributed by atoms with Gasteiger partial charge in [-0.25, -0.2) is 0 Å². The molecule has 4 heteroatoms. The average Bonchev–Trinajstić information content (AvgIpc) is 2.95. The van der Waals surface area contributed by atoms with Crippen molar-refractivity contribution in [3.05, 3.63) is 45.9 Å². The Hall–Kier alpha value is -1.39. The van der Waals surface area contributed by atoms with Gasteiger partial charge in [0.2, 0.25) is 0 Å². The maximum Gasteiger partial charge on any atom is 0.119 e. The number of aromatic nitrogens is 1. The lowest BCUT2D eigenvalue weighted by Crippen LogP contribution is -2.17. The van der Waals surface area contributed by atoms with Gasteiger partial charge < -0.3 is 10.4 Å². The minimum Gasteiger partial charge on any atom is -0.508 e. The number of rotatable bonds is 3. The summed E-state index contributed by atoms with van der Waals surface area (Å²) in [4.78, 5) is 5.31. The Morgan fingerprint density at radius 2 is 2.41 bits per heavy atom. The van der Waals surface area contributed by atoms with Crippen LogP contribution in [-0.2, 0) is 13.0 Å². The second-order valence-corrected chi connectivity index (χ2v) is 5.26. The van der Waals surface area contributed by atoms with Crippen molar-refractivity contribution in [1.29, 1.82) is 0 Å². The Morgan fingerprint density at radius 1 is 1.47 bits per heavy atom. The highest BCUT2D eigenvalue weighted by Gasteiger charge is 2.23. The number of benzene rings is 1. The van der Waals surface area contributed by atoms with Gasteiger partial charge in [0, 0.05) is 23.7 Å². The van der Waals surface area contributed by atoms with E-state index in [1.807, 2.05) is 17.8 Å². The summed E-state index contributed by atoms with van der Waals surface area (Å²) in [6, 6.07) is 6.15. The zero-order chi connectivity index (χ0) is 11.7. The first kappa shape index (κ1) is 10.7. The van der Waals surface area contributed by atoms with E-state index in [1.165, 1.54) is 10.4 Å². The number of aromatic hydroxyl groups is 1. The van der Waals surface area contributed by atoms with Gasteiger partial charge in [-0.15, -0.1) is 11.3 Å². The molecule has 0 amide bonds. The summed E-state index contributed by atoms with van der Waals surface area (Å²) in [6.45, 7) is 0.852. The standard InChI is InChI=1S/C13H14N2OS/c16-13-3-1-2-10-11(13)4-5-12(10)15-7-9-6-14-8-17-9/h1-3,6,8,12,15-16H,4-5,7H2. The van der Waals surface area contributed by atoms with E-state index in [-0.39, 0.29) is 0 Å². The van der Waals surface area contributed by atoms with Crippen molar-refractivity contribution in [2.45, 2.75) is 25.4 Å². The van der Waals surface area contributed by atoms with Crippen LogP contribution in [0.25, 0.3) is 0 Å². The smallest absolute Gasteiger partial charge is 0.119 e. The molecule has 1 aromatic carbocycles. The zero-order valence-corrected chi connectivity index (χ0v) is 10.2. The van der Waals surface area contributed by atoms with Crippen LogP contribution in [-0.4, -0.2) is 10.1 Å². The molecule has 2 aromatic rings. The molecule has 3 nitrogen and oxygen atoms in total. The average molecular weight is 246 g/mol. The van der Waals surface area contributed by atoms with Crippen LogP contribution in [0, 0.1) is 0 Å². The molecule has 0 radical (unpaired) electrons. The molecule has 0 saturated heterocycles. The molecule has 88 valence electrons. The molecule has 1 aliphatic carbocycles. The number of nitrogens with one attached hydrogen (secondary N) is 1. The maximum atomic E-state index is 9.77. The van der Waals surface area contributed by atoms with Crippen molar-refractivity contribution in [3.8, 4) is 5.75 Å². The Bertz CT molecular complexity index is 510. The zero-order valence-electron chi connectivity index (χ0n) is 9.39. The van der Waals surface area contributed by atoms with Crippen LogP contribution in [0.5, 0.6) is 5.75 Å². The van der Waals surface area contributed by atoms with E-state index in [9.17, 15) is 5.11 Å². The van der Waals surface area contributed by atoms with Gasteiger partial charge in [-0.2, -0.15) is 0 Å². The molecule has 3 rings (SSSR count). The van der Waals surface area contributed by atoms with Crippen LogP contribution < -0.4 is 5.32 Å². The summed E-state index contributed by atoms with van der Waals surface area (Å²) < 4.78 is 0. The molecular weight excluding hydrogens is 232 g/mol. The first-order chi connectivity index (χ1) is 8.34. The normalized spacial score (nSPS) is 18.2. The lowest BCUT2D eigenvalue weighted by atomic mass is 10.1. The van der Waals surface area contributed by atoms with Crippen LogP contribution in [0.3, 0.4) is 0 Å². The van der Waals surface area contributed by atoms with Crippen molar-refractivity contribution in [1.82, 2.24) is 10.3 Å². The monoisotopic (exact) mass is 246 g/mol. The third-order valence-electron chi connectivity index (χ3n) is 3.25. The predicted molar refractivity (Wildman–Crippen MR) is 68.1 cm³/mol. The van der Waals surface area contributed by atoms with Crippen molar-refractivity contribution in [3.63, 3.8) is 0 Å². The molecule has 0 aliphatic heterocycles. The number of hydrogen-bond donors (Lipinski definition) is 2. The molecule has 1 aliphatic rings. The van der Waals surface area contributed by atoms with E-state index in [4.69, 9.17) is 0 Å². The number of fused-ring (bicyclic) bond motifs is 1. The third-order valence-corrected chi connectivity index (χ3v) is 4.03. The van der Waals surface area contributed by atoms with E-state index in [0.717, 1.165) is 24.9 Å². The first-order valence-electron chi connectivity index (χ1n) is 5.76. The predicted octanol–water partition coefficient (Wildman–Crippen LogP) is 2.63. The summed E-state index contributed by atoms with van der Waals surface area (Å²) in [6.07, 6.45) is 3.92. The van der Waals surface area contributed by atoms with Crippen LogP contribution in [0.15, 0.2) is 29.9 Å². The van der Waals surface area contributed by atoms with Crippen LogP contribution in [0.1, 0.15) is 28.5 Å². The minimum absolute atomic E-state index is 0.360. The van der Waals surface area contributed by atoms with Crippen molar-refractivity contribution < 1.29 is 5.11 Å². The Balaban J connectivity index is 1.73. The summed E-state index contributed by atoms with van der Waals surface area (Å²) in [5.41, 5.74) is 4.20. The topological polar surface area (TPSA) is 45.1 Å². The van der Waals surface area contributed by atoms with E-state index in [2.05, 4.69) is 16.4 Å². The largest absolute Gasteiger partial charge is 0.508 e. The molecule has 1 heterocycles. The van der Waals surface area contributed by atoms with Crippen molar-refractivity contribution >= 4 is 11.3 Å². The summed E-state index contributed by atoms with van der Waals surface area (Å²) >= 11 is 1.67. The Morgan fingerprint density at radius 3 is 3.24 bits per heavy atom. The van der Waals surface area contributed by atoms with Gasteiger partial charge in [-0.05, 0) is 30.0 Å². The molecule has 0 fully saturated rings. The summed E-state index contributed by atoms with van der Waals surface area (Å²) in [7, 11) is 0. The van der Waals surface area contributed by atoms with E-state index in [1.54, 1.807) is 17.4 Å². The number of hydrogen-bond acceptors (Lipinski definition) is 4. The summed E-state index contributed by atoms with van der Waals surface area (Å²) in [5, 5.41) is 13.3. The van der Waals surface area contributed by atoms with Gasteiger partial charge in [-0.3, -0.25) is 4.98 Å². The Kier molecular flexibility index (Phi) is 2.82. The van der Waals surface area contributed by atoms with Crippen LogP contribution in [0.2, 0.25) is 0 Å². The van der Waals surface area contributed by atoms with E-state index >= 15 is 0 Å². The van der Waals surface area contributed by atoms with Crippen LogP contribution >= 0.6 is 11.3 Å². The summed E-state index contributed by atoms with van der Waals surface area (Å²) in [5.74, 6) is 0.435. The minimum atomic E-state index is 0.360. The number of phenolic OH excluding ortho intramolecular Hbond substituents is 1. The highest BCUT2D eigenvalue weighted by molar-refractivity contribution is 7.09. The fraction of sp³-hybridized carbons (Fsp3) is 0.308. The van der Waals surface area contributed by atoms with Crippen LogP contribution in [0.4, 0.5) is 0 Å². The van der Waals surface area contributed by atoms with E-state index < -0.39 is 0 Å². The molecule has 1 atom stereocenters. The lowest BCUT2D eigenvalue weighted by Gasteiger charge is -2.13. The van der Waals surface area contributed by atoms with Gasteiger partial charge >= 0.3 is 0 Å². The van der Waals surface area contributed by atoms with E-state index in [0.29, 0.717) is 11.8 Å². The molecule has 2 N–H and O–H groups in total. The Labute approximate surface area is 104 Å². The second-order valence-electron chi connectivity index (χ2n) is 4.28. The van der Waals surface area contributed by atoms with Gasteiger partial charge in [-0.1, -0.05) is 12.1 Å². The van der Waals surface area contributed by atoms with Crippen molar-refractivity contribution in [2.24, 2.45) is 0 Å². The maximum absolute atomic E-state index is 9.77. The number of thiazole rings is 1. The third kappa shape index (κ3) is 2.06. The number of nitrogens with zero attached hydrogens (tertiary/aromatic N) is 1.